The highest BCUT2D eigenvalue weighted by molar-refractivity contribution is 7.93. The van der Waals surface area contributed by atoms with E-state index in [1.165, 1.54) is 22.5 Å². The molecule has 0 aliphatic carbocycles. The number of amides is 1. The van der Waals surface area contributed by atoms with Gasteiger partial charge in [-0.15, -0.1) is 0 Å². The van der Waals surface area contributed by atoms with E-state index in [9.17, 15) is 13.2 Å². The summed E-state index contributed by atoms with van der Waals surface area (Å²) in [6, 6.07) is 11.7. The second kappa shape index (κ2) is 7.73. The van der Waals surface area contributed by atoms with Gasteiger partial charge in [-0.05, 0) is 49.1 Å². The molecule has 0 aromatic heterocycles. The van der Waals surface area contributed by atoms with Crippen LogP contribution < -0.4 is 9.62 Å². The Labute approximate surface area is 169 Å². The molecule has 1 atom stereocenters. The van der Waals surface area contributed by atoms with Crippen molar-refractivity contribution in [2.24, 2.45) is 0 Å². The summed E-state index contributed by atoms with van der Waals surface area (Å²) in [7, 11) is -3.87. The molecule has 8 heteroatoms. The summed E-state index contributed by atoms with van der Waals surface area (Å²) < 4.78 is 33.4. The third-order valence-electron chi connectivity index (χ3n) is 5.12. The Kier molecular flexibility index (Phi) is 5.31. The average Bonchev–Trinajstić information content (AvgIpc) is 3.36. The number of halogens is 1. The first-order valence-corrected chi connectivity index (χ1v) is 11.1. The number of hydrogen-bond donors (Lipinski definition) is 1. The molecule has 148 valence electrons. The number of benzene rings is 2. The molecule has 2 aromatic rings. The van der Waals surface area contributed by atoms with Crippen molar-refractivity contribution < 1.29 is 17.9 Å². The Hall–Kier alpha value is -2.09. The zero-order valence-corrected chi connectivity index (χ0v) is 16.8. The van der Waals surface area contributed by atoms with E-state index >= 15 is 0 Å². The maximum absolute atomic E-state index is 13.2. The zero-order chi connectivity index (χ0) is 19.7. The SMILES string of the molecule is O=C(NC[C@H]1CCCO1)c1ccc(Cl)c(S(=O)(=O)N2CCc3ccccc32)c1. The van der Waals surface area contributed by atoms with Crippen molar-refractivity contribution in [2.75, 3.05) is 24.0 Å². The topological polar surface area (TPSA) is 75.7 Å². The highest BCUT2D eigenvalue weighted by Crippen LogP contribution is 2.35. The monoisotopic (exact) mass is 420 g/mol. The van der Waals surface area contributed by atoms with Gasteiger partial charge in [-0.25, -0.2) is 8.42 Å². The lowest BCUT2D eigenvalue weighted by Gasteiger charge is -2.20. The molecule has 1 saturated heterocycles. The average molecular weight is 421 g/mol. The van der Waals surface area contributed by atoms with Gasteiger partial charge >= 0.3 is 0 Å². The lowest BCUT2D eigenvalue weighted by molar-refractivity contribution is 0.0857. The number of para-hydroxylation sites is 1. The first kappa shape index (κ1) is 19.2. The third-order valence-corrected chi connectivity index (χ3v) is 7.42. The van der Waals surface area contributed by atoms with Gasteiger partial charge in [0.1, 0.15) is 4.90 Å². The van der Waals surface area contributed by atoms with Crippen LogP contribution in [0.1, 0.15) is 28.8 Å². The molecule has 4 rings (SSSR count). The number of hydrogen-bond acceptors (Lipinski definition) is 4. The molecule has 1 amide bonds. The Balaban J connectivity index is 1.59. The van der Waals surface area contributed by atoms with Gasteiger partial charge in [-0.3, -0.25) is 9.10 Å². The van der Waals surface area contributed by atoms with Gasteiger partial charge in [0.15, 0.2) is 0 Å². The van der Waals surface area contributed by atoms with E-state index in [4.69, 9.17) is 16.3 Å². The van der Waals surface area contributed by atoms with E-state index in [0.717, 1.165) is 18.4 Å². The number of nitrogens with one attached hydrogen (secondary N) is 1. The van der Waals surface area contributed by atoms with Crippen LogP contribution in [-0.2, 0) is 21.2 Å². The Morgan fingerprint density at radius 1 is 1.25 bits per heavy atom. The fraction of sp³-hybridized carbons (Fsp3) is 0.350. The molecule has 6 nitrogen and oxygen atoms in total. The van der Waals surface area contributed by atoms with Crippen LogP contribution in [0.5, 0.6) is 0 Å². The summed E-state index contributed by atoms with van der Waals surface area (Å²) in [6.07, 6.45) is 2.56. The molecule has 2 heterocycles. The Bertz CT molecular complexity index is 1000. The molecule has 2 aromatic carbocycles. The van der Waals surface area contributed by atoms with Gasteiger partial charge in [0, 0.05) is 25.3 Å². The van der Waals surface area contributed by atoms with Gasteiger partial charge in [-0.2, -0.15) is 0 Å². The van der Waals surface area contributed by atoms with Crippen molar-refractivity contribution >= 4 is 33.2 Å². The fourth-order valence-corrected chi connectivity index (χ4v) is 5.64. The van der Waals surface area contributed by atoms with Crippen molar-refractivity contribution in [1.82, 2.24) is 5.32 Å². The summed E-state index contributed by atoms with van der Waals surface area (Å²) in [6.45, 7) is 1.47. The van der Waals surface area contributed by atoms with Gasteiger partial charge in [0.25, 0.3) is 15.9 Å². The van der Waals surface area contributed by atoms with Gasteiger partial charge < -0.3 is 10.1 Å². The molecule has 28 heavy (non-hydrogen) atoms. The second-order valence-electron chi connectivity index (χ2n) is 6.95. The molecule has 0 spiro atoms. The summed E-state index contributed by atoms with van der Waals surface area (Å²) >= 11 is 6.21. The van der Waals surface area contributed by atoms with Crippen LogP contribution in [0, 0.1) is 0 Å². The molecule has 0 bridgehead atoms. The number of fused-ring (bicyclic) bond motifs is 1. The van der Waals surface area contributed by atoms with Gasteiger partial charge in [0.05, 0.1) is 16.8 Å². The van der Waals surface area contributed by atoms with Crippen molar-refractivity contribution in [2.45, 2.75) is 30.3 Å². The van der Waals surface area contributed by atoms with E-state index in [-0.39, 0.29) is 27.5 Å². The largest absolute Gasteiger partial charge is 0.376 e. The van der Waals surface area contributed by atoms with Crippen LogP contribution in [0.3, 0.4) is 0 Å². The molecule has 0 unspecified atom stereocenters. The molecule has 2 aliphatic rings. The van der Waals surface area contributed by atoms with Crippen molar-refractivity contribution in [3.8, 4) is 0 Å². The highest BCUT2D eigenvalue weighted by atomic mass is 35.5. The summed E-state index contributed by atoms with van der Waals surface area (Å²) in [5.41, 5.74) is 1.90. The second-order valence-corrected chi connectivity index (χ2v) is 9.18. The minimum atomic E-state index is -3.87. The van der Waals surface area contributed by atoms with Crippen LogP contribution in [0.4, 0.5) is 5.69 Å². The smallest absolute Gasteiger partial charge is 0.265 e. The van der Waals surface area contributed by atoms with Crippen molar-refractivity contribution in [1.29, 1.82) is 0 Å². The van der Waals surface area contributed by atoms with E-state index in [1.54, 1.807) is 6.07 Å². The first-order valence-electron chi connectivity index (χ1n) is 9.27. The molecule has 0 radical (unpaired) electrons. The molecule has 1 N–H and O–H groups in total. The van der Waals surface area contributed by atoms with Crippen molar-refractivity contribution in [3.63, 3.8) is 0 Å². The maximum Gasteiger partial charge on any atom is 0.265 e. The van der Waals surface area contributed by atoms with E-state index in [2.05, 4.69) is 5.32 Å². The zero-order valence-electron chi connectivity index (χ0n) is 15.2. The maximum atomic E-state index is 13.2. The molecule has 1 fully saturated rings. The summed E-state index contributed by atoms with van der Waals surface area (Å²) in [5.74, 6) is -0.342. The predicted octanol–water partition coefficient (Wildman–Crippen LogP) is 3.00. The van der Waals surface area contributed by atoms with Gasteiger partial charge in [0.2, 0.25) is 0 Å². The predicted molar refractivity (Wildman–Crippen MR) is 107 cm³/mol. The Morgan fingerprint density at radius 2 is 2.07 bits per heavy atom. The quantitative estimate of drug-likeness (QED) is 0.806. The molecular weight excluding hydrogens is 400 g/mol. The Morgan fingerprint density at radius 3 is 2.86 bits per heavy atom. The summed E-state index contributed by atoms with van der Waals surface area (Å²) in [4.78, 5) is 12.4. The van der Waals surface area contributed by atoms with E-state index < -0.39 is 10.0 Å². The minimum Gasteiger partial charge on any atom is -0.376 e. The number of anilines is 1. The molecule has 0 saturated carbocycles. The number of nitrogens with zero attached hydrogens (tertiary/aromatic N) is 1. The van der Waals surface area contributed by atoms with Crippen molar-refractivity contribution in [3.05, 3.63) is 58.6 Å². The van der Waals surface area contributed by atoms with Crippen LogP contribution in [0.25, 0.3) is 0 Å². The van der Waals surface area contributed by atoms with E-state index in [1.807, 2.05) is 18.2 Å². The van der Waals surface area contributed by atoms with E-state index in [0.29, 0.717) is 31.8 Å². The molecular formula is C20H21ClN2O4S. The lowest BCUT2D eigenvalue weighted by Crippen LogP contribution is -2.32. The number of ether oxygens (including phenoxy) is 1. The third kappa shape index (κ3) is 3.62. The number of carbonyl (C=O) groups excluding carboxylic acids is 1. The normalized spacial score (nSPS) is 18.9. The number of sulfonamides is 1. The summed E-state index contributed by atoms with van der Waals surface area (Å²) in [5, 5.41) is 2.91. The van der Waals surface area contributed by atoms with Crippen LogP contribution in [0.2, 0.25) is 5.02 Å². The van der Waals surface area contributed by atoms with Gasteiger partial charge in [-0.1, -0.05) is 29.8 Å². The standard InChI is InChI=1S/C20H21ClN2O4S/c21-17-8-7-15(20(24)22-13-16-5-3-11-27-16)12-19(17)28(25,26)23-10-9-14-4-1-2-6-18(14)23/h1-2,4,6-8,12,16H,3,5,9-11,13H2,(H,22,24)/t16-/m1/s1. The first-order chi connectivity index (χ1) is 13.5. The minimum absolute atomic E-state index is 0.0144. The fourth-order valence-electron chi connectivity index (χ4n) is 3.63. The lowest BCUT2D eigenvalue weighted by atomic mass is 10.2. The number of rotatable bonds is 5. The number of carbonyl (C=O) groups is 1. The highest BCUT2D eigenvalue weighted by Gasteiger charge is 2.32. The van der Waals surface area contributed by atoms with Crippen LogP contribution in [-0.4, -0.2) is 40.1 Å². The van der Waals surface area contributed by atoms with Crippen LogP contribution >= 0.6 is 11.6 Å². The van der Waals surface area contributed by atoms with Crippen LogP contribution in [0.15, 0.2) is 47.4 Å². The molecule has 2 aliphatic heterocycles.